The Kier molecular flexibility index (Phi) is 4.01. The SMILES string of the molecule is O=S1(=O)CCCCC1COc1cnn(C2CCCC2)c1. The summed E-state index contributed by atoms with van der Waals surface area (Å²) in [4.78, 5) is 0. The first-order valence-corrected chi connectivity index (χ1v) is 9.25. The highest BCUT2D eigenvalue weighted by molar-refractivity contribution is 7.92. The van der Waals surface area contributed by atoms with Crippen molar-refractivity contribution in [3.63, 3.8) is 0 Å². The Morgan fingerprint density at radius 1 is 1.20 bits per heavy atom. The normalized spacial score (nSPS) is 26.7. The number of ether oxygens (including phenoxy) is 1. The van der Waals surface area contributed by atoms with E-state index in [0.29, 0.717) is 17.5 Å². The predicted molar refractivity (Wildman–Crippen MR) is 76.7 cm³/mol. The molecule has 1 aromatic heterocycles. The van der Waals surface area contributed by atoms with E-state index in [1.807, 2.05) is 10.9 Å². The highest BCUT2D eigenvalue weighted by Gasteiger charge is 2.29. The van der Waals surface area contributed by atoms with Gasteiger partial charge in [-0.05, 0) is 25.7 Å². The molecule has 0 N–H and O–H groups in total. The Hall–Kier alpha value is -1.04. The molecule has 2 fully saturated rings. The van der Waals surface area contributed by atoms with Crippen LogP contribution in [0, 0.1) is 0 Å². The molecule has 20 heavy (non-hydrogen) atoms. The molecule has 1 aliphatic heterocycles. The summed E-state index contributed by atoms with van der Waals surface area (Å²) in [6, 6.07) is 0.491. The van der Waals surface area contributed by atoms with Gasteiger partial charge >= 0.3 is 0 Å². The zero-order valence-corrected chi connectivity index (χ0v) is 12.5. The van der Waals surface area contributed by atoms with E-state index in [1.54, 1.807) is 6.20 Å². The molecular formula is C14H22N2O3S. The van der Waals surface area contributed by atoms with Crippen molar-refractivity contribution in [3.8, 4) is 5.75 Å². The number of hydrogen-bond acceptors (Lipinski definition) is 4. The molecule has 2 aliphatic rings. The van der Waals surface area contributed by atoms with Crippen LogP contribution in [-0.4, -0.2) is 35.8 Å². The van der Waals surface area contributed by atoms with E-state index in [2.05, 4.69) is 5.10 Å². The monoisotopic (exact) mass is 298 g/mol. The molecule has 2 heterocycles. The molecule has 1 saturated carbocycles. The lowest BCUT2D eigenvalue weighted by molar-refractivity contribution is 0.301. The second-order valence-corrected chi connectivity index (χ2v) is 8.29. The molecule has 5 nitrogen and oxygen atoms in total. The van der Waals surface area contributed by atoms with Gasteiger partial charge < -0.3 is 4.74 Å². The summed E-state index contributed by atoms with van der Waals surface area (Å²) < 4.78 is 31.5. The molecule has 0 aromatic carbocycles. The first-order chi connectivity index (χ1) is 9.65. The average Bonchev–Trinajstić information content (AvgIpc) is 3.08. The molecular weight excluding hydrogens is 276 g/mol. The van der Waals surface area contributed by atoms with Crippen LogP contribution in [0.3, 0.4) is 0 Å². The van der Waals surface area contributed by atoms with Crippen molar-refractivity contribution in [2.75, 3.05) is 12.4 Å². The lowest BCUT2D eigenvalue weighted by atomic mass is 10.2. The average molecular weight is 298 g/mol. The minimum Gasteiger partial charge on any atom is -0.489 e. The second-order valence-electron chi connectivity index (χ2n) is 5.89. The standard InChI is InChI=1S/C14H22N2O3S/c17-20(18)8-4-3-7-14(20)11-19-13-9-15-16(10-13)12-5-1-2-6-12/h9-10,12,14H,1-8,11H2. The number of rotatable bonds is 4. The Labute approximate surface area is 120 Å². The zero-order valence-electron chi connectivity index (χ0n) is 11.7. The first kappa shape index (κ1) is 13.9. The molecule has 1 saturated heterocycles. The van der Waals surface area contributed by atoms with Gasteiger partial charge in [0.15, 0.2) is 15.6 Å². The van der Waals surface area contributed by atoms with E-state index in [1.165, 1.54) is 25.7 Å². The number of aromatic nitrogens is 2. The van der Waals surface area contributed by atoms with Crippen LogP contribution in [-0.2, 0) is 9.84 Å². The van der Waals surface area contributed by atoms with Gasteiger partial charge in [0.1, 0.15) is 6.61 Å². The van der Waals surface area contributed by atoms with Crippen LogP contribution in [0.1, 0.15) is 51.0 Å². The van der Waals surface area contributed by atoms with Gasteiger partial charge in [0.05, 0.1) is 29.4 Å². The fraction of sp³-hybridized carbons (Fsp3) is 0.786. The Morgan fingerprint density at radius 3 is 2.70 bits per heavy atom. The second kappa shape index (κ2) is 5.76. The van der Waals surface area contributed by atoms with Crippen molar-refractivity contribution >= 4 is 9.84 Å². The number of hydrogen-bond donors (Lipinski definition) is 0. The van der Waals surface area contributed by atoms with Crippen LogP contribution in [0.2, 0.25) is 0 Å². The summed E-state index contributed by atoms with van der Waals surface area (Å²) in [5, 5.41) is 4.00. The van der Waals surface area contributed by atoms with Crippen LogP contribution < -0.4 is 4.74 Å². The molecule has 112 valence electrons. The van der Waals surface area contributed by atoms with Gasteiger partial charge in [-0.1, -0.05) is 19.3 Å². The van der Waals surface area contributed by atoms with Crippen molar-refractivity contribution in [2.45, 2.75) is 56.2 Å². The number of sulfone groups is 1. The maximum Gasteiger partial charge on any atom is 0.157 e. The predicted octanol–water partition coefficient (Wildman–Crippen LogP) is 2.34. The van der Waals surface area contributed by atoms with E-state index in [0.717, 1.165) is 19.3 Å². The lowest BCUT2D eigenvalue weighted by Gasteiger charge is -2.21. The summed E-state index contributed by atoms with van der Waals surface area (Å²) in [6.45, 7) is 0.263. The van der Waals surface area contributed by atoms with Crippen LogP contribution in [0.25, 0.3) is 0 Å². The summed E-state index contributed by atoms with van der Waals surface area (Å²) in [6.07, 6.45) is 11.0. The van der Waals surface area contributed by atoms with Crippen molar-refractivity contribution in [1.82, 2.24) is 9.78 Å². The van der Waals surface area contributed by atoms with E-state index >= 15 is 0 Å². The lowest BCUT2D eigenvalue weighted by Crippen LogP contribution is -2.33. The van der Waals surface area contributed by atoms with E-state index in [-0.39, 0.29) is 11.9 Å². The van der Waals surface area contributed by atoms with E-state index in [4.69, 9.17) is 4.74 Å². The van der Waals surface area contributed by atoms with Gasteiger partial charge in [-0.2, -0.15) is 5.10 Å². The molecule has 3 rings (SSSR count). The Bertz CT molecular complexity index is 547. The van der Waals surface area contributed by atoms with Gasteiger partial charge in [-0.15, -0.1) is 0 Å². The maximum absolute atomic E-state index is 11.9. The molecule has 0 amide bonds. The maximum atomic E-state index is 11.9. The largest absolute Gasteiger partial charge is 0.489 e. The Balaban J connectivity index is 1.58. The molecule has 0 bridgehead atoms. The van der Waals surface area contributed by atoms with Crippen molar-refractivity contribution in [3.05, 3.63) is 12.4 Å². The summed E-state index contributed by atoms with van der Waals surface area (Å²) in [5.41, 5.74) is 0. The molecule has 1 atom stereocenters. The molecule has 1 unspecified atom stereocenters. The van der Waals surface area contributed by atoms with Crippen molar-refractivity contribution in [2.24, 2.45) is 0 Å². The Morgan fingerprint density at radius 2 is 1.95 bits per heavy atom. The third-order valence-corrected chi connectivity index (χ3v) is 6.67. The third kappa shape index (κ3) is 3.00. The minimum absolute atomic E-state index is 0.263. The first-order valence-electron chi connectivity index (χ1n) is 7.54. The third-order valence-electron chi connectivity index (χ3n) is 4.43. The summed E-state index contributed by atoms with van der Waals surface area (Å²) >= 11 is 0. The fourth-order valence-electron chi connectivity index (χ4n) is 3.16. The van der Waals surface area contributed by atoms with E-state index < -0.39 is 9.84 Å². The van der Waals surface area contributed by atoms with E-state index in [9.17, 15) is 8.42 Å². The van der Waals surface area contributed by atoms with Gasteiger partial charge in [0.25, 0.3) is 0 Å². The van der Waals surface area contributed by atoms with Crippen LogP contribution in [0.5, 0.6) is 5.75 Å². The minimum atomic E-state index is -2.95. The van der Waals surface area contributed by atoms with Crippen molar-refractivity contribution < 1.29 is 13.2 Å². The molecule has 0 spiro atoms. The van der Waals surface area contributed by atoms with Crippen LogP contribution >= 0.6 is 0 Å². The van der Waals surface area contributed by atoms with Gasteiger partial charge in [-0.25, -0.2) is 8.42 Å². The molecule has 1 aliphatic carbocycles. The topological polar surface area (TPSA) is 61.2 Å². The highest BCUT2D eigenvalue weighted by Crippen LogP contribution is 2.30. The molecule has 6 heteroatoms. The smallest absolute Gasteiger partial charge is 0.157 e. The van der Waals surface area contributed by atoms with Crippen LogP contribution in [0.4, 0.5) is 0 Å². The van der Waals surface area contributed by atoms with Crippen molar-refractivity contribution in [1.29, 1.82) is 0 Å². The molecule has 1 aromatic rings. The molecule has 0 radical (unpaired) electrons. The van der Waals surface area contributed by atoms with Gasteiger partial charge in [0, 0.05) is 0 Å². The van der Waals surface area contributed by atoms with Crippen LogP contribution in [0.15, 0.2) is 12.4 Å². The summed E-state index contributed by atoms with van der Waals surface area (Å²) in [5.74, 6) is 1.00. The summed E-state index contributed by atoms with van der Waals surface area (Å²) in [7, 11) is -2.95. The fourth-order valence-corrected chi connectivity index (χ4v) is 4.90. The van der Waals surface area contributed by atoms with Gasteiger partial charge in [0.2, 0.25) is 0 Å². The quantitative estimate of drug-likeness (QED) is 0.856. The van der Waals surface area contributed by atoms with Gasteiger partial charge in [-0.3, -0.25) is 4.68 Å². The number of nitrogens with zero attached hydrogens (tertiary/aromatic N) is 2. The zero-order chi connectivity index (χ0) is 14.0. The highest BCUT2D eigenvalue weighted by atomic mass is 32.2.